The van der Waals surface area contributed by atoms with Gasteiger partial charge in [0.15, 0.2) is 11.5 Å². The predicted octanol–water partition coefficient (Wildman–Crippen LogP) is 5.23. The molecule has 1 atom stereocenters. The molecule has 0 bridgehead atoms. The summed E-state index contributed by atoms with van der Waals surface area (Å²) in [6.07, 6.45) is 2.00. The lowest BCUT2D eigenvalue weighted by atomic mass is 10.0. The van der Waals surface area contributed by atoms with E-state index in [1.807, 2.05) is 29.2 Å². The summed E-state index contributed by atoms with van der Waals surface area (Å²) in [6.45, 7) is 2.87. The number of rotatable bonds is 6. The van der Waals surface area contributed by atoms with E-state index in [1.165, 1.54) is 5.56 Å². The van der Waals surface area contributed by atoms with E-state index in [0.29, 0.717) is 17.3 Å². The van der Waals surface area contributed by atoms with Gasteiger partial charge in [-0.1, -0.05) is 22.0 Å². The van der Waals surface area contributed by atoms with Crippen molar-refractivity contribution in [3.63, 3.8) is 0 Å². The number of thioether (sulfide) groups is 1. The van der Waals surface area contributed by atoms with Crippen LogP contribution in [0.15, 0.2) is 45.8 Å². The molecule has 1 heterocycles. The van der Waals surface area contributed by atoms with E-state index in [1.54, 1.807) is 26.0 Å². The van der Waals surface area contributed by atoms with Crippen LogP contribution in [0.4, 0.5) is 0 Å². The number of hydrogen-bond acceptors (Lipinski definition) is 4. The lowest BCUT2D eigenvalue weighted by Crippen LogP contribution is -2.32. The van der Waals surface area contributed by atoms with Crippen LogP contribution in [0.2, 0.25) is 0 Å². The SMILES string of the molecule is COc1ccc(C2CCCN2C(=O)CSc2ccc(Br)cc2C)cc1OC. The summed E-state index contributed by atoms with van der Waals surface area (Å²) >= 11 is 5.09. The fourth-order valence-electron chi connectivity index (χ4n) is 3.47. The smallest absolute Gasteiger partial charge is 0.233 e. The summed E-state index contributed by atoms with van der Waals surface area (Å²) in [7, 11) is 3.26. The second kappa shape index (κ2) is 9.02. The molecular weight excluding hydrogens is 426 g/mol. The Kier molecular flexibility index (Phi) is 6.71. The summed E-state index contributed by atoms with van der Waals surface area (Å²) in [5.74, 6) is 2.04. The largest absolute Gasteiger partial charge is 0.493 e. The molecule has 2 aromatic rings. The first-order chi connectivity index (χ1) is 13.0. The van der Waals surface area contributed by atoms with Crippen LogP contribution < -0.4 is 9.47 Å². The second-order valence-electron chi connectivity index (χ2n) is 6.56. The van der Waals surface area contributed by atoms with Crippen LogP contribution in [0.3, 0.4) is 0 Å². The van der Waals surface area contributed by atoms with Gasteiger partial charge in [0, 0.05) is 15.9 Å². The normalized spacial score (nSPS) is 16.4. The number of benzene rings is 2. The van der Waals surface area contributed by atoms with Crippen molar-refractivity contribution in [3.8, 4) is 11.5 Å². The molecule has 1 amide bonds. The molecule has 6 heteroatoms. The van der Waals surface area contributed by atoms with Gasteiger partial charge in [-0.15, -0.1) is 11.8 Å². The van der Waals surface area contributed by atoms with Crippen LogP contribution >= 0.6 is 27.7 Å². The molecule has 0 N–H and O–H groups in total. The lowest BCUT2D eigenvalue weighted by Gasteiger charge is -2.26. The molecule has 0 aromatic heterocycles. The Hall–Kier alpha value is -1.66. The molecule has 1 unspecified atom stereocenters. The number of nitrogens with zero attached hydrogens (tertiary/aromatic N) is 1. The molecule has 1 fully saturated rings. The van der Waals surface area contributed by atoms with E-state index in [-0.39, 0.29) is 11.9 Å². The molecule has 144 valence electrons. The maximum Gasteiger partial charge on any atom is 0.233 e. The summed E-state index contributed by atoms with van der Waals surface area (Å²) in [4.78, 5) is 16.0. The van der Waals surface area contributed by atoms with Crippen molar-refractivity contribution in [2.45, 2.75) is 30.7 Å². The quantitative estimate of drug-likeness (QED) is 0.565. The Morgan fingerprint density at radius 2 is 1.96 bits per heavy atom. The fourth-order valence-corrected chi connectivity index (χ4v) is 4.84. The van der Waals surface area contributed by atoms with Crippen LogP contribution in [0.25, 0.3) is 0 Å². The molecule has 3 rings (SSSR count). The fraction of sp³-hybridized carbons (Fsp3) is 0.381. The monoisotopic (exact) mass is 449 g/mol. The van der Waals surface area contributed by atoms with Gasteiger partial charge in [0.1, 0.15) is 0 Å². The van der Waals surface area contributed by atoms with Gasteiger partial charge < -0.3 is 14.4 Å². The minimum absolute atomic E-state index is 0.101. The molecule has 1 aliphatic heterocycles. The van der Waals surface area contributed by atoms with E-state index >= 15 is 0 Å². The number of carbonyl (C=O) groups excluding carboxylic acids is 1. The minimum atomic E-state index is 0.101. The standard InChI is InChI=1S/C21H24BrNO3S/c1-14-11-16(22)7-9-20(14)27-13-21(24)23-10-4-5-17(23)15-6-8-18(25-2)19(12-15)26-3/h6-9,11-12,17H,4-5,10,13H2,1-3H3. The highest BCUT2D eigenvalue weighted by Gasteiger charge is 2.30. The van der Waals surface area contributed by atoms with Gasteiger partial charge in [0.05, 0.1) is 26.0 Å². The van der Waals surface area contributed by atoms with Gasteiger partial charge >= 0.3 is 0 Å². The van der Waals surface area contributed by atoms with E-state index in [2.05, 4.69) is 35.0 Å². The third-order valence-electron chi connectivity index (χ3n) is 4.85. The van der Waals surface area contributed by atoms with Crippen LogP contribution in [0.1, 0.15) is 30.0 Å². The topological polar surface area (TPSA) is 38.8 Å². The predicted molar refractivity (Wildman–Crippen MR) is 113 cm³/mol. The van der Waals surface area contributed by atoms with Gasteiger partial charge in [-0.2, -0.15) is 0 Å². The third-order valence-corrected chi connectivity index (χ3v) is 6.51. The molecule has 0 aliphatic carbocycles. The summed E-state index contributed by atoms with van der Waals surface area (Å²) in [5, 5.41) is 0. The molecule has 0 saturated carbocycles. The Bertz CT molecular complexity index is 827. The number of likely N-dealkylation sites (tertiary alicyclic amines) is 1. The maximum atomic E-state index is 12.9. The van der Waals surface area contributed by atoms with Crippen molar-refractivity contribution in [3.05, 3.63) is 52.0 Å². The van der Waals surface area contributed by atoms with Gasteiger partial charge in [-0.25, -0.2) is 0 Å². The zero-order valence-electron chi connectivity index (χ0n) is 15.8. The highest BCUT2D eigenvalue weighted by atomic mass is 79.9. The Morgan fingerprint density at radius 3 is 2.67 bits per heavy atom. The number of carbonyl (C=O) groups is 1. The van der Waals surface area contributed by atoms with Gasteiger partial charge in [-0.3, -0.25) is 4.79 Å². The lowest BCUT2D eigenvalue weighted by molar-refractivity contribution is -0.129. The first-order valence-corrected chi connectivity index (χ1v) is 10.7. The van der Waals surface area contributed by atoms with Crippen molar-refractivity contribution in [1.29, 1.82) is 0 Å². The highest BCUT2D eigenvalue weighted by molar-refractivity contribution is 9.10. The Labute approximate surface area is 173 Å². The zero-order valence-corrected chi connectivity index (χ0v) is 18.2. The number of ether oxygens (including phenoxy) is 2. The van der Waals surface area contributed by atoms with Crippen molar-refractivity contribution in [2.75, 3.05) is 26.5 Å². The zero-order chi connectivity index (χ0) is 19.4. The van der Waals surface area contributed by atoms with Crippen LogP contribution in [0.5, 0.6) is 11.5 Å². The second-order valence-corrected chi connectivity index (χ2v) is 8.49. The molecule has 0 radical (unpaired) electrons. The van der Waals surface area contributed by atoms with E-state index < -0.39 is 0 Å². The van der Waals surface area contributed by atoms with Crippen LogP contribution in [0, 0.1) is 6.92 Å². The van der Waals surface area contributed by atoms with Crippen molar-refractivity contribution >= 4 is 33.6 Å². The molecule has 27 heavy (non-hydrogen) atoms. The first kappa shape index (κ1) is 20.1. The van der Waals surface area contributed by atoms with Crippen LogP contribution in [-0.4, -0.2) is 37.3 Å². The third kappa shape index (κ3) is 4.61. The number of methoxy groups -OCH3 is 2. The van der Waals surface area contributed by atoms with Crippen molar-refractivity contribution in [2.24, 2.45) is 0 Å². The summed E-state index contributed by atoms with van der Waals surface area (Å²) < 4.78 is 11.8. The van der Waals surface area contributed by atoms with Gasteiger partial charge in [0.2, 0.25) is 5.91 Å². The summed E-state index contributed by atoms with van der Waals surface area (Å²) in [6, 6.07) is 12.2. The molecule has 0 spiro atoms. The first-order valence-electron chi connectivity index (χ1n) is 8.94. The molecule has 1 saturated heterocycles. The molecule has 2 aromatic carbocycles. The maximum absolute atomic E-state index is 12.9. The minimum Gasteiger partial charge on any atom is -0.493 e. The van der Waals surface area contributed by atoms with E-state index in [4.69, 9.17) is 9.47 Å². The van der Waals surface area contributed by atoms with Crippen LogP contribution in [-0.2, 0) is 4.79 Å². The van der Waals surface area contributed by atoms with E-state index in [9.17, 15) is 4.79 Å². The van der Waals surface area contributed by atoms with Gasteiger partial charge in [0.25, 0.3) is 0 Å². The number of amides is 1. The van der Waals surface area contributed by atoms with Crippen molar-refractivity contribution in [1.82, 2.24) is 4.90 Å². The summed E-state index contributed by atoms with van der Waals surface area (Å²) in [5.41, 5.74) is 2.28. The average Bonchev–Trinajstić information content (AvgIpc) is 3.16. The Morgan fingerprint density at radius 1 is 1.19 bits per heavy atom. The highest BCUT2D eigenvalue weighted by Crippen LogP contribution is 2.37. The molecular formula is C21H24BrNO3S. The Balaban J connectivity index is 1.71. The van der Waals surface area contributed by atoms with Gasteiger partial charge in [-0.05, 0) is 61.2 Å². The average molecular weight is 450 g/mol. The number of aryl methyl sites for hydroxylation is 1. The number of halogens is 1. The molecule has 4 nitrogen and oxygen atoms in total. The van der Waals surface area contributed by atoms with Crippen molar-refractivity contribution < 1.29 is 14.3 Å². The number of hydrogen-bond donors (Lipinski definition) is 0. The molecule has 1 aliphatic rings. The van der Waals surface area contributed by atoms with E-state index in [0.717, 1.165) is 34.3 Å².